The molecule has 0 aliphatic heterocycles. The lowest BCUT2D eigenvalue weighted by molar-refractivity contribution is 0.0524. The molecule has 0 amide bonds. The fraction of sp³-hybridized carbons (Fsp3) is 0.227. The summed E-state index contributed by atoms with van der Waals surface area (Å²) in [5, 5.41) is 11.9. The quantitative estimate of drug-likeness (QED) is 0.400. The third-order valence-electron chi connectivity index (χ3n) is 4.74. The number of esters is 1. The van der Waals surface area contributed by atoms with Crippen LogP contribution in [0.2, 0.25) is 0 Å². The molecule has 0 radical (unpaired) electrons. The number of aryl methyl sites for hydroxylation is 1. The van der Waals surface area contributed by atoms with Crippen LogP contribution in [0.25, 0.3) is 23.6 Å². The minimum atomic E-state index is -0.413. The number of hydrogen-bond acceptors (Lipinski definition) is 4. The van der Waals surface area contributed by atoms with Crippen LogP contribution in [0.3, 0.4) is 0 Å². The van der Waals surface area contributed by atoms with Gasteiger partial charge in [0.15, 0.2) is 0 Å². The second-order valence-electron chi connectivity index (χ2n) is 6.75. The van der Waals surface area contributed by atoms with E-state index in [4.69, 9.17) is 4.74 Å². The number of aliphatic hydroxyl groups excluding tert-OH is 1. The van der Waals surface area contributed by atoms with E-state index in [1.807, 2.05) is 12.1 Å². The van der Waals surface area contributed by atoms with Crippen LogP contribution in [0.4, 0.5) is 3.89 Å². The van der Waals surface area contributed by atoms with E-state index in [-0.39, 0.29) is 24.5 Å². The number of carbonyl (C=O) groups excluding carboxylic acids is 1. The Bertz CT molecular complexity index is 1190. The molecule has 0 unspecified atom stereocenters. The number of carbonyl (C=O) groups is 1. The fourth-order valence-electron chi connectivity index (χ4n) is 3.44. The molecular weight excluding hydrogens is 391 g/mol. The molecule has 0 spiro atoms. The first-order valence-corrected chi connectivity index (χ1v) is 9.93. The zero-order chi connectivity index (χ0) is 21.1. The van der Waals surface area contributed by atoms with Gasteiger partial charge >= 0.3 is 5.97 Å². The average molecular weight is 415 g/mol. The molecule has 0 fully saturated rings. The van der Waals surface area contributed by atoms with E-state index in [2.05, 4.69) is 23.1 Å². The molecular formula is C22H23FN2O3S. The molecule has 3 aromatic rings. The molecule has 2 aromatic heterocycles. The van der Waals surface area contributed by atoms with Crippen molar-refractivity contribution in [1.82, 2.24) is 9.97 Å². The zero-order valence-electron chi connectivity index (χ0n) is 16.4. The summed E-state index contributed by atoms with van der Waals surface area (Å²) in [5.41, 5.74) is 3.44. The van der Waals surface area contributed by atoms with Crippen LogP contribution in [-0.4, -0.2) is 27.7 Å². The minimum Gasteiger partial charge on any atom is -0.513 e. The molecule has 152 valence electrons. The molecule has 0 aliphatic carbocycles. The lowest BCUT2D eigenvalue weighted by Crippen LogP contribution is -2.21. The van der Waals surface area contributed by atoms with Crippen molar-refractivity contribution in [2.24, 2.45) is 0 Å². The van der Waals surface area contributed by atoms with Crippen molar-refractivity contribution in [3.63, 3.8) is 0 Å². The van der Waals surface area contributed by atoms with Crippen molar-refractivity contribution in [3.05, 3.63) is 63.6 Å². The van der Waals surface area contributed by atoms with E-state index < -0.39 is 5.97 Å². The maximum absolute atomic E-state index is 13.1. The Morgan fingerprint density at radius 1 is 1.38 bits per heavy atom. The Morgan fingerprint density at radius 2 is 2.14 bits per heavy atom. The molecule has 0 atom stereocenters. The summed E-state index contributed by atoms with van der Waals surface area (Å²) >= 11 is 0.184. The topological polar surface area (TPSA) is 78.1 Å². The van der Waals surface area contributed by atoms with Crippen LogP contribution < -0.4 is 10.6 Å². The number of H-pyrrole nitrogens is 2. The van der Waals surface area contributed by atoms with Gasteiger partial charge < -0.3 is 19.8 Å². The number of aromatic nitrogens is 2. The van der Waals surface area contributed by atoms with Gasteiger partial charge in [-0.15, -0.1) is 0 Å². The summed E-state index contributed by atoms with van der Waals surface area (Å²) in [5.74, 6) is -0.372. The summed E-state index contributed by atoms with van der Waals surface area (Å²) in [6.07, 6.45) is 2.62. The maximum Gasteiger partial charge on any atom is 0.340 e. The second kappa shape index (κ2) is 8.61. The van der Waals surface area contributed by atoms with Crippen molar-refractivity contribution >= 4 is 41.7 Å². The third kappa shape index (κ3) is 4.24. The van der Waals surface area contributed by atoms with E-state index in [1.165, 1.54) is 0 Å². The lowest BCUT2D eigenvalue weighted by atomic mass is 10.0. The fourth-order valence-corrected chi connectivity index (χ4v) is 3.72. The van der Waals surface area contributed by atoms with E-state index in [0.29, 0.717) is 34.3 Å². The van der Waals surface area contributed by atoms with Gasteiger partial charge in [0.2, 0.25) is 0 Å². The number of ether oxygens (including phenoxy) is 1. The van der Waals surface area contributed by atoms with Gasteiger partial charge in [-0.1, -0.05) is 13.2 Å². The van der Waals surface area contributed by atoms with Gasteiger partial charge in [-0.2, -0.15) is 3.89 Å². The highest BCUT2D eigenvalue weighted by Gasteiger charge is 2.21. The van der Waals surface area contributed by atoms with E-state index in [9.17, 15) is 13.8 Å². The van der Waals surface area contributed by atoms with Gasteiger partial charge in [-0.3, -0.25) is 0 Å². The van der Waals surface area contributed by atoms with Crippen molar-refractivity contribution in [2.45, 2.75) is 31.6 Å². The Balaban J connectivity index is 2.23. The first-order valence-electron chi connectivity index (χ1n) is 9.22. The Kier molecular flexibility index (Phi) is 6.17. The number of halogens is 1. The summed E-state index contributed by atoms with van der Waals surface area (Å²) in [7, 11) is 0. The molecule has 29 heavy (non-hydrogen) atoms. The van der Waals surface area contributed by atoms with Gasteiger partial charge in [0, 0.05) is 44.2 Å². The molecule has 2 heterocycles. The molecule has 3 N–H and O–H groups in total. The number of benzene rings is 1. The van der Waals surface area contributed by atoms with Crippen molar-refractivity contribution in [2.75, 3.05) is 6.61 Å². The number of rotatable bonds is 7. The molecule has 3 rings (SSSR count). The number of allylic oxidation sites excluding steroid dienone is 1. The van der Waals surface area contributed by atoms with E-state index >= 15 is 0 Å². The number of hydrogen-bond donors (Lipinski definition) is 3. The first-order chi connectivity index (χ1) is 13.8. The SMILES string of the molecule is C=C(O)CCc1c(/C=c2\c(=C)[nH]c3ccc(SF)cc23)[nH]c(C)c1C(=O)OCC. The normalized spacial score (nSPS) is 11.9. The van der Waals surface area contributed by atoms with Gasteiger partial charge in [0.1, 0.15) is 0 Å². The molecule has 1 aromatic carbocycles. The van der Waals surface area contributed by atoms with Crippen LogP contribution in [0.5, 0.6) is 0 Å². The van der Waals surface area contributed by atoms with E-state index in [0.717, 1.165) is 27.4 Å². The number of nitrogens with one attached hydrogen (secondary N) is 2. The summed E-state index contributed by atoms with van der Waals surface area (Å²) < 4.78 is 18.3. The van der Waals surface area contributed by atoms with E-state index in [1.54, 1.807) is 26.0 Å². The first kappa shape index (κ1) is 20.8. The number of aliphatic hydroxyl groups is 1. The predicted molar refractivity (Wildman–Crippen MR) is 115 cm³/mol. The van der Waals surface area contributed by atoms with Gasteiger partial charge in [-0.05, 0) is 50.1 Å². The molecule has 0 aliphatic rings. The largest absolute Gasteiger partial charge is 0.513 e. The molecule has 0 saturated heterocycles. The Morgan fingerprint density at radius 3 is 2.79 bits per heavy atom. The molecule has 0 bridgehead atoms. The van der Waals surface area contributed by atoms with Gasteiger partial charge in [0.05, 0.1) is 30.1 Å². The highest BCUT2D eigenvalue weighted by atomic mass is 32.2. The minimum absolute atomic E-state index is 0.0409. The van der Waals surface area contributed by atoms with Crippen LogP contribution in [0, 0.1) is 6.92 Å². The summed E-state index contributed by atoms with van der Waals surface area (Å²) in [6.45, 7) is 11.4. The van der Waals surface area contributed by atoms with Crippen LogP contribution in [0.15, 0.2) is 35.4 Å². The molecule has 0 saturated carbocycles. The number of aromatic amines is 2. The zero-order valence-corrected chi connectivity index (χ0v) is 17.2. The Labute approximate surface area is 172 Å². The molecule has 5 nitrogen and oxygen atoms in total. The highest BCUT2D eigenvalue weighted by molar-refractivity contribution is 7.94. The highest BCUT2D eigenvalue weighted by Crippen LogP contribution is 2.24. The Hall–Kier alpha value is -2.93. The van der Waals surface area contributed by atoms with Gasteiger partial charge in [0.25, 0.3) is 0 Å². The third-order valence-corrected chi connectivity index (χ3v) is 5.17. The monoisotopic (exact) mass is 414 g/mol. The maximum atomic E-state index is 13.1. The van der Waals surface area contributed by atoms with Crippen molar-refractivity contribution in [3.8, 4) is 0 Å². The lowest BCUT2D eigenvalue weighted by Gasteiger charge is -2.06. The number of fused-ring (bicyclic) bond motifs is 1. The summed E-state index contributed by atoms with van der Waals surface area (Å²) in [4.78, 5) is 19.4. The summed E-state index contributed by atoms with van der Waals surface area (Å²) in [6, 6.07) is 5.26. The van der Waals surface area contributed by atoms with Crippen molar-refractivity contribution < 1.29 is 18.5 Å². The standard InChI is InChI=1S/C22H23FN2O3S/c1-5-28-22(27)21-14(4)25-20(16(21)8-6-12(2)26)11-17-13(3)24-19-9-7-15(29-23)10-18(17)19/h7,9-11,24-26H,2-3,5-6,8H2,1,4H3/b17-11+. The second-order valence-corrected chi connectivity index (χ2v) is 7.38. The molecule has 7 heteroatoms. The smallest absolute Gasteiger partial charge is 0.340 e. The van der Waals surface area contributed by atoms with Gasteiger partial charge in [-0.25, -0.2) is 4.79 Å². The van der Waals surface area contributed by atoms with Crippen LogP contribution in [0.1, 0.15) is 40.7 Å². The van der Waals surface area contributed by atoms with Crippen LogP contribution >= 0.6 is 12.1 Å². The van der Waals surface area contributed by atoms with Crippen LogP contribution in [-0.2, 0) is 11.2 Å². The average Bonchev–Trinajstić information content (AvgIpc) is 3.16. The predicted octanol–water partition coefficient (Wildman–Crippen LogP) is 4.20. The van der Waals surface area contributed by atoms with Crippen molar-refractivity contribution in [1.29, 1.82) is 0 Å².